The van der Waals surface area contributed by atoms with Crippen molar-refractivity contribution < 1.29 is 4.79 Å². The summed E-state index contributed by atoms with van der Waals surface area (Å²) < 4.78 is 2.13. The van der Waals surface area contributed by atoms with Gasteiger partial charge in [0.2, 0.25) is 5.91 Å². The van der Waals surface area contributed by atoms with E-state index >= 15 is 0 Å². The van der Waals surface area contributed by atoms with E-state index in [0.29, 0.717) is 22.9 Å². The largest absolute Gasteiger partial charge is 0.366 e. The van der Waals surface area contributed by atoms with Crippen LogP contribution in [0.5, 0.6) is 0 Å². The molecule has 2 aromatic heterocycles. The Bertz CT molecular complexity index is 1280. The highest BCUT2D eigenvalue weighted by Gasteiger charge is 2.32. The van der Waals surface area contributed by atoms with Gasteiger partial charge in [0.1, 0.15) is 0 Å². The van der Waals surface area contributed by atoms with Crippen LogP contribution in [0.2, 0.25) is 0 Å². The molecule has 0 radical (unpaired) electrons. The molecule has 2 aromatic carbocycles. The van der Waals surface area contributed by atoms with Crippen LogP contribution in [0, 0.1) is 0 Å². The summed E-state index contributed by atoms with van der Waals surface area (Å²) >= 11 is 0. The lowest BCUT2D eigenvalue weighted by Crippen LogP contribution is -2.10. The van der Waals surface area contributed by atoms with E-state index in [0.717, 1.165) is 22.5 Å². The lowest BCUT2D eigenvalue weighted by Gasteiger charge is -2.08. The molecule has 148 valence electrons. The minimum Gasteiger partial charge on any atom is -0.366 e. The first-order valence-corrected chi connectivity index (χ1v) is 10.4. The van der Waals surface area contributed by atoms with Crippen LogP contribution in [0.25, 0.3) is 28.0 Å². The molecule has 0 saturated heterocycles. The number of primary amides is 1. The van der Waals surface area contributed by atoms with Gasteiger partial charge in [0, 0.05) is 28.7 Å². The van der Waals surface area contributed by atoms with Gasteiger partial charge in [-0.1, -0.05) is 12.1 Å². The number of benzene rings is 2. The normalized spacial score (nSPS) is 16.1. The number of carbonyl (C=O) groups is 1. The third-order valence-corrected chi connectivity index (χ3v) is 5.98. The maximum Gasteiger partial charge on any atom is 0.248 e. The van der Waals surface area contributed by atoms with E-state index in [-0.39, 0.29) is 0 Å². The predicted octanol–water partition coefficient (Wildman–Crippen LogP) is 4.34. The van der Waals surface area contributed by atoms with Gasteiger partial charge in [-0.05, 0) is 62.1 Å². The number of hydrogen-bond acceptors (Lipinski definition) is 4. The van der Waals surface area contributed by atoms with Gasteiger partial charge in [-0.15, -0.1) is 0 Å². The molecule has 4 aromatic rings. The maximum atomic E-state index is 11.5. The Morgan fingerprint density at radius 3 is 2.40 bits per heavy atom. The molecule has 1 amide bonds. The van der Waals surface area contributed by atoms with Crippen molar-refractivity contribution in [2.75, 3.05) is 0 Å². The molecule has 2 fully saturated rings. The van der Waals surface area contributed by atoms with Crippen LogP contribution in [0.4, 0.5) is 0 Å². The SMILES string of the molecule is NC(=O)c1ccc2ncc(-c3ccc(-n4nc(C5CC5)cc4C4CC4)cc3)nc2c1. The third-order valence-electron chi connectivity index (χ3n) is 5.98. The first-order chi connectivity index (χ1) is 14.7. The Hall–Kier alpha value is -3.54. The lowest BCUT2D eigenvalue weighted by molar-refractivity contribution is 0.100. The number of nitrogens with zero attached hydrogens (tertiary/aromatic N) is 4. The van der Waals surface area contributed by atoms with Crippen LogP contribution in [-0.2, 0) is 0 Å². The Morgan fingerprint density at radius 2 is 1.70 bits per heavy atom. The van der Waals surface area contributed by atoms with Crippen molar-refractivity contribution >= 4 is 16.9 Å². The van der Waals surface area contributed by atoms with Gasteiger partial charge in [0.05, 0.1) is 34.3 Å². The number of carbonyl (C=O) groups excluding carboxylic acids is 1. The zero-order valence-electron chi connectivity index (χ0n) is 16.5. The number of nitrogens with two attached hydrogens (primary N) is 1. The molecule has 0 unspecified atom stereocenters. The predicted molar refractivity (Wildman–Crippen MR) is 115 cm³/mol. The topological polar surface area (TPSA) is 86.7 Å². The molecule has 6 rings (SSSR count). The standard InChI is InChI=1S/C24H21N5O/c25-24(30)17-7-10-19-21(11-17)27-22(13-26-19)15-5-8-18(9-6-15)29-23(16-3-4-16)12-20(28-29)14-1-2-14/h5-14,16H,1-4H2,(H2,25,30). The minimum atomic E-state index is -0.468. The van der Waals surface area contributed by atoms with Crippen molar-refractivity contribution in [2.24, 2.45) is 5.73 Å². The van der Waals surface area contributed by atoms with Crippen molar-refractivity contribution in [3.63, 3.8) is 0 Å². The van der Waals surface area contributed by atoms with Crippen LogP contribution in [0.3, 0.4) is 0 Å². The molecular weight excluding hydrogens is 374 g/mol. The summed E-state index contributed by atoms with van der Waals surface area (Å²) in [5.74, 6) is 0.835. The number of aromatic nitrogens is 4. The molecular formula is C24H21N5O. The highest BCUT2D eigenvalue weighted by molar-refractivity contribution is 5.96. The summed E-state index contributed by atoms with van der Waals surface area (Å²) in [5.41, 5.74) is 12.6. The molecule has 2 saturated carbocycles. The second-order valence-electron chi connectivity index (χ2n) is 8.32. The number of fused-ring (bicyclic) bond motifs is 1. The van der Waals surface area contributed by atoms with Crippen molar-refractivity contribution in [1.29, 1.82) is 0 Å². The zero-order valence-corrected chi connectivity index (χ0v) is 16.5. The van der Waals surface area contributed by atoms with E-state index in [1.165, 1.54) is 37.1 Å². The van der Waals surface area contributed by atoms with Gasteiger partial charge in [0.25, 0.3) is 0 Å². The van der Waals surface area contributed by atoms with E-state index in [9.17, 15) is 4.79 Å². The summed E-state index contributed by atoms with van der Waals surface area (Å²) in [6, 6.07) is 15.7. The molecule has 0 spiro atoms. The van der Waals surface area contributed by atoms with Gasteiger partial charge >= 0.3 is 0 Å². The summed E-state index contributed by atoms with van der Waals surface area (Å²) in [7, 11) is 0. The Labute approximate surface area is 173 Å². The molecule has 6 heteroatoms. The number of amides is 1. The fourth-order valence-corrected chi connectivity index (χ4v) is 3.95. The van der Waals surface area contributed by atoms with Crippen molar-refractivity contribution in [3.8, 4) is 16.9 Å². The highest BCUT2D eigenvalue weighted by Crippen LogP contribution is 2.45. The number of rotatable bonds is 5. The second-order valence-corrected chi connectivity index (χ2v) is 8.32. The Morgan fingerprint density at radius 1 is 0.933 bits per heavy atom. The second kappa shape index (κ2) is 6.49. The average Bonchev–Trinajstić information content (AvgIpc) is 3.71. The van der Waals surface area contributed by atoms with Gasteiger partial charge < -0.3 is 5.73 Å². The molecule has 0 aliphatic heterocycles. The molecule has 0 bridgehead atoms. The van der Waals surface area contributed by atoms with Crippen molar-refractivity contribution in [1.82, 2.24) is 19.7 Å². The molecule has 0 atom stereocenters. The van der Waals surface area contributed by atoms with E-state index in [1.807, 2.05) is 0 Å². The zero-order chi connectivity index (χ0) is 20.2. The van der Waals surface area contributed by atoms with E-state index in [1.54, 1.807) is 24.4 Å². The van der Waals surface area contributed by atoms with Gasteiger partial charge in [0.15, 0.2) is 0 Å². The van der Waals surface area contributed by atoms with Crippen LogP contribution >= 0.6 is 0 Å². The Balaban J connectivity index is 1.35. The summed E-state index contributed by atoms with van der Waals surface area (Å²) in [4.78, 5) is 20.6. The summed E-state index contributed by atoms with van der Waals surface area (Å²) in [5, 5.41) is 4.92. The average molecular weight is 395 g/mol. The van der Waals surface area contributed by atoms with Crippen LogP contribution in [-0.4, -0.2) is 25.7 Å². The highest BCUT2D eigenvalue weighted by atomic mass is 16.1. The first-order valence-electron chi connectivity index (χ1n) is 10.4. The van der Waals surface area contributed by atoms with E-state index in [2.05, 4.69) is 45.0 Å². The van der Waals surface area contributed by atoms with Crippen LogP contribution in [0.15, 0.2) is 54.7 Å². The molecule has 2 aliphatic rings. The van der Waals surface area contributed by atoms with Gasteiger partial charge in [-0.25, -0.2) is 9.67 Å². The molecule has 30 heavy (non-hydrogen) atoms. The molecule has 2 aliphatic carbocycles. The van der Waals surface area contributed by atoms with Crippen LogP contribution < -0.4 is 5.73 Å². The van der Waals surface area contributed by atoms with Crippen LogP contribution in [0.1, 0.15) is 59.3 Å². The summed E-state index contributed by atoms with van der Waals surface area (Å²) in [6.07, 6.45) is 6.80. The van der Waals surface area contributed by atoms with Crippen molar-refractivity contribution in [2.45, 2.75) is 37.5 Å². The minimum absolute atomic E-state index is 0.432. The third kappa shape index (κ3) is 3.05. The number of hydrogen-bond donors (Lipinski definition) is 1. The summed E-state index contributed by atoms with van der Waals surface area (Å²) in [6.45, 7) is 0. The maximum absolute atomic E-state index is 11.5. The lowest BCUT2D eigenvalue weighted by atomic mass is 10.1. The molecule has 6 nitrogen and oxygen atoms in total. The first kappa shape index (κ1) is 17.3. The van der Waals surface area contributed by atoms with Crippen molar-refractivity contribution in [3.05, 3.63) is 71.7 Å². The quantitative estimate of drug-likeness (QED) is 0.545. The molecule has 2 N–H and O–H groups in total. The van der Waals surface area contributed by atoms with Gasteiger partial charge in [-0.3, -0.25) is 9.78 Å². The Kier molecular flexibility index (Phi) is 3.75. The monoisotopic (exact) mass is 395 g/mol. The molecule has 2 heterocycles. The smallest absolute Gasteiger partial charge is 0.248 e. The fourth-order valence-electron chi connectivity index (χ4n) is 3.95. The fraction of sp³-hybridized carbons (Fsp3) is 0.250. The van der Waals surface area contributed by atoms with Gasteiger partial charge in [-0.2, -0.15) is 5.10 Å². The van der Waals surface area contributed by atoms with E-state index in [4.69, 9.17) is 10.8 Å². The van der Waals surface area contributed by atoms with E-state index < -0.39 is 5.91 Å².